The highest BCUT2D eigenvalue weighted by atomic mass is 16.5. The molecule has 2 aromatic carbocycles. The number of hydrogen-bond donors (Lipinski definition) is 0. The van der Waals surface area contributed by atoms with Crippen LogP contribution >= 0.6 is 0 Å². The highest BCUT2D eigenvalue weighted by molar-refractivity contribution is 5.95. The van der Waals surface area contributed by atoms with E-state index in [1.165, 1.54) is 0 Å². The minimum absolute atomic E-state index is 0.177. The lowest BCUT2D eigenvalue weighted by molar-refractivity contribution is -0.135. The average Bonchev–Trinajstić information content (AvgIpc) is 3.26. The highest BCUT2D eigenvalue weighted by Crippen LogP contribution is 2.17. The van der Waals surface area contributed by atoms with Crippen LogP contribution in [0.25, 0.3) is 12.2 Å². The van der Waals surface area contributed by atoms with Crippen LogP contribution in [0.4, 0.5) is 0 Å². The number of carbonyl (C=O) groups is 2. The molecule has 0 aromatic heterocycles. The van der Waals surface area contributed by atoms with Crippen molar-refractivity contribution in [2.24, 2.45) is 0 Å². The van der Waals surface area contributed by atoms with Crippen molar-refractivity contribution in [1.29, 1.82) is 0 Å². The number of cyclic esters (lactones) is 2. The zero-order valence-electron chi connectivity index (χ0n) is 14.4. The van der Waals surface area contributed by atoms with Gasteiger partial charge in [-0.3, -0.25) is 0 Å². The van der Waals surface area contributed by atoms with Crippen LogP contribution in [0, 0.1) is 0 Å². The number of benzene rings is 2. The topological polar surface area (TPSA) is 52.6 Å². The monoisotopic (exact) mass is 348 g/mol. The third kappa shape index (κ3) is 4.93. The molecule has 2 heterocycles. The molecule has 4 heteroatoms. The first-order valence-electron chi connectivity index (χ1n) is 8.58. The van der Waals surface area contributed by atoms with Crippen LogP contribution in [0.15, 0.2) is 71.8 Å². The fraction of sp³-hybridized carbons (Fsp3) is 0.182. The van der Waals surface area contributed by atoms with Gasteiger partial charge in [0.2, 0.25) is 0 Å². The maximum atomic E-state index is 11.1. The van der Waals surface area contributed by atoms with Gasteiger partial charge >= 0.3 is 11.9 Å². The van der Waals surface area contributed by atoms with Gasteiger partial charge in [0.25, 0.3) is 0 Å². The van der Waals surface area contributed by atoms with E-state index in [2.05, 4.69) is 0 Å². The molecule has 0 atom stereocenters. The molecule has 4 nitrogen and oxygen atoms in total. The van der Waals surface area contributed by atoms with Crippen LogP contribution in [-0.4, -0.2) is 25.2 Å². The molecule has 0 spiro atoms. The number of carbonyl (C=O) groups excluding carboxylic acids is 2. The Kier molecular flexibility index (Phi) is 5.99. The maximum absolute atomic E-state index is 11.1. The van der Waals surface area contributed by atoms with Crippen molar-refractivity contribution in [3.05, 3.63) is 82.9 Å². The Balaban J connectivity index is 0.000000151. The quantitative estimate of drug-likeness (QED) is 0.607. The summed E-state index contributed by atoms with van der Waals surface area (Å²) in [7, 11) is 0. The summed E-state index contributed by atoms with van der Waals surface area (Å²) < 4.78 is 9.66. The van der Waals surface area contributed by atoms with E-state index >= 15 is 0 Å². The Hall–Kier alpha value is -3.14. The van der Waals surface area contributed by atoms with E-state index in [1.54, 1.807) is 0 Å². The summed E-state index contributed by atoms with van der Waals surface area (Å²) in [5.74, 6) is -0.354. The van der Waals surface area contributed by atoms with Gasteiger partial charge in [0, 0.05) is 24.0 Å². The normalized spacial score (nSPS) is 19.1. The summed E-state index contributed by atoms with van der Waals surface area (Å²) in [5.41, 5.74) is 3.64. The second kappa shape index (κ2) is 8.81. The molecule has 2 fully saturated rings. The highest BCUT2D eigenvalue weighted by Gasteiger charge is 2.18. The summed E-state index contributed by atoms with van der Waals surface area (Å²) in [4.78, 5) is 22.2. The van der Waals surface area contributed by atoms with Gasteiger partial charge in [0.1, 0.15) is 0 Å². The van der Waals surface area contributed by atoms with Gasteiger partial charge in [-0.1, -0.05) is 60.7 Å². The minimum Gasteiger partial charge on any atom is -0.462 e. The molecular formula is C22H20O4. The second-order valence-corrected chi connectivity index (χ2v) is 5.93. The summed E-state index contributed by atoms with van der Waals surface area (Å²) >= 11 is 0. The smallest absolute Gasteiger partial charge is 0.334 e. The van der Waals surface area contributed by atoms with E-state index in [0.29, 0.717) is 13.2 Å². The first-order valence-corrected chi connectivity index (χ1v) is 8.58. The van der Waals surface area contributed by atoms with Crippen molar-refractivity contribution in [1.82, 2.24) is 0 Å². The molecule has 0 amide bonds. The average molecular weight is 348 g/mol. The molecule has 0 aliphatic carbocycles. The minimum atomic E-state index is -0.177. The lowest BCUT2D eigenvalue weighted by atomic mass is 10.1. The number of esters is 2. The predicted molar refractivity (Wildman–Crippen MR) is 100.0 cm³/mol. The molecule has 2 aromatic rings. The number of hydrogen-bond acceptors (Lipinski definition) is 4. The molecule has 2 saturated heterocycles. The third-order valence-electron chi connectivity index (χ3n) is 4.01. The third-order valence-corrected chi connectivity index (χ3v) is 4.01. The SMILES string of the molecule is O=C1OCC/C1=C\c1ccccc1.O=C1OCC/C1=C\c1ccccc1. The van der Waals surface area contributed by atoms with Crippen LogP contribution in [-0.2, 0) is 19.1 Å². The van der Waals surface area contributed by atoms with Gasteiger partial charge in [-0.05, 0) is 23.3 Å². The van der Waals surface area contributed by atoms with Crippen molar-refractivity contribution in [3.8, 4) is 0 Å². The van der Waals surface area contributed by atoms with Crippen LogP contribution < -0.4 is 0 Å². The zero-order valence-corrected chi connectivity index (χ0v) is 14.4. The lowest BCUT2D eigenvalue weighted by Crippen LogP contribution is -1.93. The fourth-order valence-corrected chi connectivity index (χ4v) is 2.66. The van der Waals surface area contributed by atoms with Crippen molar-refractivity contribution < 1.29 is 19.1 Å². The molecule has 0 unspecified atom stereocenters. The first-order chi connectivity index (χ1) is 12.7. The Morgan fingerprint density at radius 1 is 0.615 bits per heavy atom. The van der Waals surface area contributed by atoms with Crippen LogP contribution in [0.3, 0.4) is 0 Å². The molecule has 0 N–H and O–H groups in total. The van der Waals surface area contributed by atoms with Gasteiger partial charge in [0.15, 0.2) is 0 Å². The number of rotatable bonds is 2. The number of ether oxygens (including phenoxy) is 2. The van der Waals surface area contributed by atoms with Crippen LogP contribution in [0.2, 0.25) is 0 Å². The summed E-state index contributed by atoms with van der Waals surface area (Å²) in [5, 5.41) is 0. The standard InChI is InChI=1S/2C11H10O2/c2*12-11-10(6-7-13-11)8-9-4-2-1-3-5-9/h2*1-5,8H,6-7H2/b2*10-8+. The molecule has 26 heavy (non-hydrogen) atoms. The second-order valence-electron chi connectivity index (χ2n) is 5.93. The summed E-state index contributed by atoms with van der Waals surface area (Å²) in [6.07, 6.45) is 5.23. The van der Waals surface area contributed by atoms with E-state index in [-0.39, 0.29) is 11.9 Å². The Morgan fingerprint density at radius 2 is 1.00 bits per heavy atom. The van der Waals surface area contributed by atoms with E-state index in [9.17, 15) is 9.59 Å². The van der Waals surface area contributed by atoms with E-state index in [0.717, 1.165) is 35.1 Å². The van der Waals surface area contributed by atoms with Crippen molar-refractivity contribution >= 4 is 24.1 Å². The van der Waals surface area contributed by atoms with Crippen molar-refractivity contribution in [2.75, 3.05) is 13.2 Å². The van der Waals surface area contributed by atoms with Crippen molar-refractivity contribution in [2.45, 2.75) is 12.8 Å². The van der Waals surface area contributed by atoms with Gasteiger partial charge in [-0.25, -0.2) is 9.59 Å². The fourth-order valence-electron chi connectivity index (χ4n) is 2.66. The van der Waals surface area contributed by atoms with Crippen molar-refractivity contribution in [3.63, 3.8) is 0 Å². The van der Waals surface area contributed by atoms with E-state index < -0.39 is 0 Å². The van der Waals surface area contributed by atoms with Gasteiger partial charge < -0.3 is 9.47 Å². The summed E-state index contributed by atoms with van der Waals surface area (Å²) in [6.45, 7) is 1.05. The van der Waals surface area contributed by atoms with E-state index in [1.807, 2.05) is 72.8 Å². The molecule has 0 radical (unpaired) electrons. The first kappa shape index (κ1) is 17.7. The van der Waals surface area contributed by atoms with E-state index in [4.69, 9.17) is 9.47 Å². The van der Waals surface area contributed by atoms with Crippen LogP contribution in [0.5, 0.6) is 0 Å². The molecule has 0 saturated carbocycles. The zero-order chi connectivity index (χ0) is 18.2. The van der Waals surface area contributed by atoms with Gasteiger partial charge in [-0.15, -0.1) is 0 Å². The summed E-state index contributed by atoms with van der Waals surface area (Å²) in [6, 6.07) is 19.6. The lowest BCUT2D eigenvalue weighted by Gasteiger charge is -1.93. The molecule has 4 rings (SSSR count). The largest absolute Gasteiger partial charge is 0.462 e. The molecule has 2 aliphatic heterocycles. The van der Waals surface area contributed by atoms with Crippen LogP contribution in [0.1, 0.15) is 24.0 Å². The van der Waals surface area contributed by atoms with Gasteiger partial charge in [0.05, 0.1) is 13.2 Å². The molecular weight excluding hydrogens is 328 g/mol. The molecule has 2 aliphatic rings. The molecule has 0 bridgehead atoms. The Morgan fingerprint density at radius 3 is 1.31 bits per heavy atom. The van der Waals surface area contributed by atoms with Gasteiger partial charge in [-0.2, -0.15) is 0 Å². The maximum Gasteiger partial charge on any atom is 0.334 e. The molecule has 132 valence electrons. The Labute approximate surface area is 152 Å². The Bertz CT molecular complexity index is 748. The predicted octanol–water partition coefficient (Wildman–Crippen LogP) is 4.03.